The van der Waals surface area contributed by atoms with Crippen LogP contribution >= 0.6 is 0 Å². The fourth-order valence-electron chi connectivity index (χ4n) is 3.80. The molecule has 0 bridgehead atoms. The van der Waals surface area contributed by atoms with Crippen LogP contribution < -0.4 is 10.1 Å². The van der Waals surface area contributed by atoms with Crippen LogP contribution in [0.1, 0.15) is 18.2 Å². The molecule has 1 amide bonds. The molecular formula is C24H20N2O3. The predicted octanol–water partition coefficient (Wildman–Crippen LogP) is 5.00. The third-order valence-electron chi connectivity index (χ3n) is 5.14. The fourth-order valence-corrected chi connectivity index (χ4v) is 3.80. The Balaban J connectivity index is 1.31. The van der Waals surface area contributed by atoms with Crippen molar-refractivity contribution in [3.8, 4) is 17.1 Å². The normalized spacial score (nSPS) is 15.1. The zero-order valence-corrected chi connectivity index (χ0v) is 16.0. The molecule has 1 atom stereocenters. The molecule has 1 aromatic heterocycles. The van der Waals surface area contributed by atoms with Crippen LogP contribution in [0, 0.1) is 0 Å². The Morgan fingerprint density at radius 2 is 1.97 bits per heavy atom. The minimum absolute atomic E-state index is 0.127. The van der Waals surface area contributed by atoms with Crippen molar-refractivity contribution < 1.29 is 14.1 Å². The lowest BCUT2D eigenvalue weighted by atomic mass is 10.1. The van der Waals surface area contributed by atoms with Gasteiger partial charge in [0.25, 0.3) is 0 Å². The van der Waals surface area contributed by atoms with E-state index in [0.717, 1.165) is 34.2 Å². The third-order valence-corrected chi connectivity index (χ3v) is 5.14. The van der Waals surface area contributed by atoms with Gasteiger partial charge in [0.2, 0.25) is 5.91 Å². The highest BCUT2D eigenvalue weighted by Crippen LogP contribution is 2.33. The van der Waals surface area contributed by atoms with Gasteiger partial charge in [-0.15, -0.1) is 0 Å². The maximum atomic E-state index is 12.6. The lowest BCUT2D eigenvalue weighted by molar-refractivity contribution is -0.115. The summed E-state index contributed by atoms with van der Waals surface area (Å²) in [6.45, 7) is 2.06. The number of anilines is 1. The first-order valence-electron chi connectivity index (χ1n) is 9.69. The van der Waals surface area contributed by atoms with Crippen LogP contribution in [0.15, 0.2) is 71.3 Å². The number of carbonyl (C=O) groups is 1. The van der Waals surface area contributed by atoms with Gasteiger partial charge in [-0.2, -0.15) is 0 Å². The molecular weight excluding hydrogens is 364 g/mol. The molecule has 1 unspecified atom stereocenters. The topological polar surface area (TPSA) is 64.4 Å². The number of rotatable bonds is 4. The molecule has 1 aliphatic rings. The molecule has 3 aromatic carbocycles. The van der Waals surface area contributed by atoms with E-state index in [1.165, 1.54) is 5.56 Å². The van der Waals surface area contributed by atoms with E-state index in [2.05, 4.69) is 23.5 Å². The summed E-state index contributed by atoms with van der Waals surface area (Å²) in [5.74, 6) is 1.45. The third kappa shape index (κ3) is 3.47. The number of aromatic nitrogens is 1. The lowest BCUT2D eigenvalue weighted by Crippen LogP contribution is -2.14. The summed E-state index contributed by atoms with van der Waals surface area (Å²) in [7, 11) is 0. The summed E-state index contributed by atoms with van der Waals surface area (Å²) in [5.41, 5.74) is 3.50. The highest BCUT2D eigenvalue weighted by atomic mass is 16.5. The monoisotopic (exact) mass is 384 g/mol. The predicted molar refractivity (Wildman–Crippen MR) is 112 cm³/mol. The van der Waals surface area contributed by atoms with Gasteiger partial charge < -0.3 is 14.6 Å². The summed E-state index contributed by atoms with van der Waals surface area (Å²) in [6, 6.07) is 21.6. The molecule has 1 aliphatic heterocycles. The van der Waals surface area contributed by atoms with E-state index in [0.29, 0.717) is 11.5 Å². The average molecular weight is 384 g/mol. The van der Waals surface area contributed by atoms with E-state index in [1.54, 1.807) is 0 Å². The van der Waals surface area contributed by atoms with Crippen molar-refractivity contribution in [2.24, 2.45) is 0 Å². The molecule has 0 saturated heterocycles. The van der Waals surface area contributed by atoms with Crippen molar-refractivity contribution in [1.29, 1.82) is 0 Å². The molecule has 0 fully saturated rings. The molecule has 0 spiro atoms. The number of amides is 1. The smallest absolute Gasteiger partial charge is 0.230 e. The second-order valence-corrected chi connectivity index (χ2v) is 7.39. The highest BCUT2D eigenvalue weighted by molar-refractivity contribution is 6.02. The van der Waals surface area contributed by atoms with Crippen molar-refractivity contribution in [1.82, 2.24) is 5.16 Å². The molecule has 5 nitrogen and oxygen atoms in total. The van der Waals surface area contributed by atoms with Gasteiger partial charge in [0.15, 0.2) is 5.76 Å². The van der Waals surface area contributed by atoms with Crippen LogP contribution in [0.5, 0.6) is 5.75 Å². The SMILES string of the molecule is CC1Cc2cc(-c3cc(CC(=O)Nc4cccc5ccccc45)no3)ccc2O1. The maximum Gasteiger partial charge on any atom is 0.230 e. The molecule has 144 valence electrons. The Morgan fingerprint density at radius 1 is 1.10 bits per heavy atom. The van der Waals surface area contributed by atoms with E-state index in [1.807, 2.05) is 60.7 Å². The second kappa shape index (κ2) is 7.09. The highest BCUT2D eigenvalue weighted by Gasteiger charge is 2.20. The number of carbonyl (C=O) groups excluding carboxylic acids is 1. The van der Waals surface area contributed by atoms with Crippen LogP contribution in [0.4, 0.5) is 5.69 Å². The van der Waals surface area contributed by atoms with E-state index in [4.69, 9.17) is 9.26 Å². The first-order valence-corrected chi connectivity index (χ1v) is 9.69. The van der Waals surface area contributed by atoms with Crippen molar-refractivity contribution in [3.63, 3.8) is 0 Å². The number of nitrogens with one attached hydrogen (secondary N) is 1. The first kappa shape index (κ1) is 17.5. The summed E-state index contributed by atoms with van der Waals surface area (Å²) >= 11 is 0. The lowest BCUT2D eigenvalue weighted by Gasteiger charge is -2.07. The summed E-state index contributed by atoms with van der Waals surface area (Å²) in [6.07, 6.45) is 1.23. The number of benzene rings is 3. The molecule has 0 saturated carbocycles. The van der Waals surface area contributed by atoms with E-state index in [9.17, 15) is 4.79 Å². The van der Waals surface area contributed by atoms with Gasteiger partial charge in [0, 0.05) is 29.1 Å². The zero-order valence-electron chi connectivity index (χ0n) is 16.0. The quantitative estimate of drug-likeness (QED) is 0.538. The molecule has 1 N–H and O–H groups in total. The second-order valence-electron chi connectivity index (χ2n) is 7.39. The Hall–Kier alpha value is -3.60. The largest absolute Gasteiger partial charge is 0.490 e. The Bertz CT molecular complexity index is 1210. The molecule has 2 heterocycles. The van der Waals surface area contributed by atoms with Gasteiger partial charge in [-0.25, -0.2) is 0 Å². The van der Waals surface area contributed by atoms with Gasteiger partial charge in [-0.3, -0.25) is 4.79 Å². The zero-order chi connectivity index (χ0) is 19.8. The van der Waals surface area contributed by atoms with Crippen LogP contribution in [0.3, 0.4) is 0 Å². The van der Waals surface area contributed by atoms with Crippen molar-refractivity contribution in [2.45, 2.75) is 25.9 Å². The number of nitrogens with zero attached hydrogens (tertiary/aromatic N) is 1. The Labute approximate surface area is 168 Å². The number of fused-ring (bicyclic) bond motifs is 2. The van der Waals surface area contributed by atoms with Crippen LogP contribution in [0.2, 0.25) is 0 Å². The summed E-state index contributed by atoms with van der Waals surface area (Å²) in [4.78, 5) is 12.6. The Morgan fingerprint density at radius 3 is 2.90 bits per heavy atom. The fraction of sp³-hybridized carbons (Fsp3) is 0.167. The van der Waals surface area contributed by atoms with Crippen molar-refractivity contribution in [3.05, 3.63) is 78.0 Å². The molecule has 5 rings (SSSR count). The van der Waals surface area contributed by atoms with Crippen molar-refractivity contribution >= 4 is 22.4 Å². The van der Waals surface area contributed by atoms with E-state index >= 15 is 0 Å². The molecule has 0 radical (unpaired) electrons. The van der Waals surface area contributed by atoms with Crippen LogP contribution in [-0.4, -0.2) is 17.2 Å². The number of hydrogen-bond donors (Lipinski definition) is 1. The standard InChI is InChI=1S/C24H20N2O3/c1-15-11-18-12-17(9-10-22(18)28-15)23-13-19(26-29-23)14-24(27)25-21-8-4-6-16-5-2-3-7-20(16)21/h2-10,12-13,15H,11,14H2,1H3,(H,25,27). The van der Waals surface area contributed by atoms with Gasteiger partial charge in [0.1, 0.15) is 11.9 Å². The van der Waals surface area contributed by atoms with Crippen LogP contribution in [-0.2, 0) is 17.6 Å². The van der Waals surface area contributed by atoms with Crippen molar-refractivity contribution in [2.75, 3.05) is 5.32 Å². The maximum absolute atomic E-state index is 12.6. The van der Waals surface area contributed by atoms with Crippen LogP contribution in [0.25, 0.3) is 22.1 Å². The van der Waals surface area contributed by atoms with Gasteiger partial charge >= 0.3 is 0 Å². The molecule has 0 aliphatic carbocycles. The molecule has 5 heteroatoms. The Kier molecular flexibility index (Phi) is 4.28. The van der Waals surface area contributed by atoms with Gasteiger partial charge in [0.05, 0.1) is 12.1 Å². The van der Waals surface area contributed by atoms with Gasteiger partial charge in [-0.05, 0) is 42.1 Å². The number of hydrogen-bond acceptors (Lipinski definition) is 4. The van der Waals surface area contributed by atoms with E-state index in [-0.39, 0.29) is 18.4 Å². The number of ether oxygens (including phenoxy) is 1. The molecule has 29 heavy (non-hydrogen) atoms. The summed E-state index contributed by atoms with van der Waals surface area (Å²) < 4.78 is 11.2. The molecule has 4 aromatic rings. The van der Waals surface area contributed by atoms with Gasteiger partial charge in [-0.1, -0.05) is 41.6 Å². The summed E-state index contributed by atoms with van der Waals surface area (Å²) in [5, 5.41) is 9.16. The average Bonchev–Trinajstić information content (AvgIpc) is 3.33. The minimum atomic E-state index is -0.127. The van der Waals surface area contributed by atoms with E-state index < -0.39 is 0 Å². The first-order chi connectivity index (χ1) is 14.2. The minimum Gasteiger partial charge on any atom is -0.490 e.